The van der Waals surface area contributed by atoms with E-state index in [1.807, 2.05) is 77.7 Å². The summed E-state index contributed by atoms with van der Waals surface area (Å²) < 4.78 is 5.76. The van der Waals surface area contributed by atoms with Crippen molar-refractivity contribution in [3.63, 3.8) is 0 Å². The summed E-state index contributed by atoms with van der Waals surface area (Å²) in [7, 11) is 0. The lowest BCUT2D eigenvalue weighted by Crippen LogP contribution is -2.49. The Morgan fingerprint density at radius 1 is 0.857 bits per heavy atom. The molecule has 1 amide bonds. The lowest BCUT2D eigenvalue weighted by molar-refractivity contribution is 0.0746. The van der Waals surface area contributed by atoms with E-state index in [9.17, 15) is 4.79 Å². The third-order valence-electron chi connectivity index (χ3n) is 4.89. The van der Waals surface area contributed by atoms with Crippen LogP contribution in [-0.2, 0) is 6.61 Å². The van der Waals surface area contributed by atoms with E-state index in [0.717, 1.165) is 35.8 Å². The van der Waals surface area contributed by atoms with E-state index in [1.165, 1.54) is 0 Å². The molecule has 5 heteroatoms. The van der Waals surface area contributed by atoms with Crippen LogP contribution in [0.1, 0.15) is 15.9 Å². The summed E-state index contributed by atoms with van der Waals surface area (Å²) in [5.74, 6) is 1.89. The fraction of sp³-hybridized carbons (Fsp3) is 0.217. The maximum absolute atomic E-state index is 12.8. The number of nitrogens with zero attached hydrogens (tertiary/aromatic N) is 3. The second kappa shape index (κ2) is 8.57. The first-order valence-corrected chi connectivity index (χ1v) is 9.52. The first kappa shape index (κ1) is 18.0. The van der Waals surface area contributed by atoms with Crippen molar-refractivity contribution in [2.45, 2.75) is 6.61 Å². The topological polar surface area (TPSA) is 45.7 Å². The average Bonchev–Trinajstić information content (AvgIpc) is 2.79. The van der Waals surface area contributed by atoms with Gasteiger partial charge in [-0.15, -0.1) is 0 Å². The van der Waals surface area contributed by atoms with Crippen molar-refractivity contribution in [2.75, 3.05) is 31.1 Å². The van der Waals surface area contributed by atoms with Gasteiger partial charge in [-0.25, -0.2) is 4.98 Å². The van der Waals surface area contributed by atoms with Gasteiger partial charge in [-0.05, 0) is 42.0 Å². The van der Waals surface area contributed by atoms with E-state index in [4.69, 9.17) is 4.74 Å². The minimum absolute atomic E-state index is 0.0798. The van der Waals surface area contributed by atoms with Gasteiger partial charge in [0.15, 0.2) is 0 Å². The molecule has 1 aromatic heterocycles. The minimum Gasteiger partial charge on any atom is -0.489 e. The first-order chi connectivity index (χ1) is 13.8. The van der Waals surface area contributed by atoms with Crippen LogP contribution < -0.4 is 9.64 Å². The molecule has 0 aliphatic carbocycles. The number of hydrogen-bond donors (Lipinski definition) is 0. The van der Waals surface area contributed by atoms with Crippen LogP contribution in [0.3, 0.4) is 0 Å². The lowest BCUT2D eigenvalue weighted by Gasteiger charge is -2.35. The van der Waals surface area contributed by atoms with E-state index in [0.29, 0.717) is 19.7 Å². The van der Waals surface area contributed by atoms with Crippen molar-refractivity contribution < 1.29 is 9.53 Å². The Labute approximate surface area is 165 Å². The highest BCUT2D eigenvalue weighted by atomic mass is 16.5. The molecule has 1 aliphatic rings. The van der Waals surface area contributed by atoms with Gasteiger partial charge in [-0.3, -0.25) is 4.79 Å². The molecule has 5 nitrogen and oxygen atoms in total. The fourth-order valence-electron chi connectivity index (χ4n) is 3.29. The molecular weight excluding hydrogens is 350 g/mol. The molecule has 0 N–H and O–H groups in total. The molecule has 142 valence electrons. The number of benzene rings is 2. The Morgan fingerprint density at radius 3 is 2.25 bits per heavy atom. The Bertz CT molecular complexity index is 890. The standard InChI is InChI=1S/C23H23N3O2/c27-23(26-16-14-25(15-17-26)22-8-4-5-13-24-22)20-11-9-19(10-12-20)18-28-21-6-2-1-3-7-21/h1-13H,14-18H2. The molecule has 0 unspecified atom stereocenters. The fourth-order valence-corrected chi connectivity index (χ4v) is 3.29. The van der Waals surface area contributed by atoms with E-state index in [-0.39, 0.29) is 5.91 Å². The van der Waals surface area contributed by atoms with Gasteiger partial charge in [0.25, 0.3) is 5.91 Å². The highest BCUT2D eigenvalue weighted by molar-refractivity contribution is 5.94. The molecule has 3 aromatic rings. The second-order valence-corrected chi connectivity index (χ2v) is 6.77. The summed E-state index contributed by atoms with van der Waals surface area (Å²) in [6.45, 7) is 3.49. The minimum atomic E-state index is 0.0798. The van der Waals surface area contributed by atoms with Gasteiger partial charge >= 0.3 is 0 Å². The van der Waals surface area contributed by atoms with Crippen molar-refractivity contribution in [1.82, 2.24) is 9.88 Å². The molecule has 2 aromatic carbocycles. The summed E-state index contributed by atoms with van der Waals surface area (Å²) in [5, 5.41) is 0. The van der Waals surface area contributed by atoms with Gasteiger partial charge in [-0.2, -0.15) is 0 Å². The Hall–Kier alpha value is -3.34. The average molecular weight is 373 g/mol. The first-order valence-electron chi connectivity index (χ1n) is 9.52. The van der Waals surface area contributed by atoms with Crippen molar-refractivity contribution >= 4 is 11.7 Å². The molecule has 1 aliphatic heterocycles. The van der Waals surface area contributed by atoms with Crippen molar-refractivity contribution in [2.24, 2.45) is 0 Å². The monoisotopic (exact) mass is 373 g/mol. The number of rotatable bonds is 5. The van der Waals surface area contributed by atoms with Crippen molar-refractivity contribution in [1.29, 1.82) is 0 Å². The number of piperazine rings is 1. The number of para-hydroxylation sites is 1. The Kier molecular flexibility index (Phi) is 5.52. The summed E-state index contributed by atoms with van der Waals surface area (Å²) in [6, 6.07) is 23.3. The maximum atomic E-state index is 12.8. The normalized spacial score (nSPS) is 14.0. The van der Waals surface area contributed by atoms with Crippen LogP contribution in [0.4, 0.5) is 5.82 Å². The Morgan fingerprint density at radius 2 is 1.57 bits per heavy atom. The van der Waals surface area contributed by atoms with E-state index >= 15 is 0 Å². The summed E-state index contributed by atoms with van der Waals surface area (Å²) >= 11 is 0. The summed E-state index contributed by atoms with van der Waals surface area (Å²) in [5.41, 5.74) is 1.76. The lowest BCUT2D eigenvalue weighted by atomic mass is 10.1. The predicted octanol–water partition coefficient (Wildman–Crippen LogP) is 3.62. The zero-order chi connectivity index (χ0) is 19.2. The van der Waals surface area contributed by atoms with Crippen LogP contribution in [0.15, 0.2) is 79.0 Å². The van der Waals surface area contributed by atoms with Crippen LogP contribution >= 0.6 is 0 Å². The van der Waals surface area contributed by atoms with Gasteiger partial charge in [0.05, 0.1) is 0 Å². The van der Waals surface area contributed by atoms with Crippen LogP contribution in [-0.4, -0.2) is 42.0 Å². The number of amides is 1. The Balaban J connectivity index is 1.31. The molecule has 1 saturated heterocycles. The number of pyridine rings is 1. The molecule has 0 spiro atoms. The molecule has 0 bridgehead atoms. The number of ether oxygens (including phenoxy) is 1. The molecule has 28 heavy (non-hydrogen) atoms. The van der Waals surface area contributed by atoms with Gasteiger partial charge in [0.1, 0.15) is 18.2 Å². The van der Waals surface area contributed by atoms with Gasteiger partial charge in [0, 0.05) is 37.9 Å². The van der Waals surface area contributed by atoms with Gasteiger partial charge in [0.2, 0.25) is 0 Å². The summed E-state index contributed by atoms with van der Waals surface area (Å²) in [6.07, 6.45) is 1.80. The second-order valence-electron chi connectivity index (χ2n) is 6.77. The maximum Gasteiger partial charge on any atom is 0.253 e. The highest BCUT2D eigenvalue weighted by Gasteiger charge is 2.22. The molecule has 4 rings (SSSR count). The number of carbonyl (C=O) groups is 1. The molecule has 2 heterocycles. The van der Waals surface area contributed by atoms with Crippen LogP contribution in [0.5, 0.6) is 5.75 Å². The molecule has 1 fully saturated rings. The number of anilines is 1. The zero-order valence-electron chi connectivity index (χ0n) is 15.7. The molecule has 0 atom stereocenters. The number of carbonyl (C=O) groups excluding carboxylic acids is 1. The highest BCUT2D eigenvalue weighted by Crippen LogP contribution is 2.16. The van der Waals surface area contributed by atoms with Gasteiger partial charge < -0.3 is 14.5 Å². The SMILES string of the molecule is O=C(c1ccc(COc2ccccc2)cc1)N1CCN(c2ccccn2)CC1. The van der Waals surface area contributed by atoms with Gasteiger partial charge in [-0.1, -0.05) is 36.4 Å². The van der Waals surface area contributed by atoms with Crippen molar-refractivity contribution in [3.8, 4) is 5.75 Å². The summed E-state index contributed by atoms with van der Waals surface area (Å²) in [4.78, 5) is 21.3. The van der Waals surface area contributed by atoms with Crippen LogP contribution in [0.25, 0.3) is 0 Å². The molecular formula is C23H23N3O2. The predicted molar refractivity (Wildman–Crippen MR) is 110 cm³/mol. The number of hydrogen-bond acceptors (Lipinski definition) is 4. The van der Waals surface area contributed by atoms with E-state index in [1.54, 1.807) is 6.20 Å². The number of aromatic nitrogens is 1. The molecule has 0 radical (unpaired) electrons. The third-order valence-corrected chi connectivity index (χ3v) is 4.89. The smallest absolute Gasteiger partial charge is 0.253 e. The van der Waals surface area contributed by atoms with Crippen LogP contribution in [0, 0.1) is 0 Å². The quantitative estimate of drug-likeness (QED) is 0.685. The van der Waals surface area contributed by atoms with E-state index in [2.05, 4.69) is 9.88 Å². The zero-order valence-corrected chi connectivity index (χ0v) is 15.7. The van der Waals surface area contributed by atoms with E-state index < -0.39 is 0 Å². The van der Waals surface area contributed by atoms with Crippen molar-refractivity contribution in [3.05, 3.63) is 90.1 Å². The van der Waals surface area contributed by atoms with Crippen LogP contribution in [0.2, 0.25) is 0 Å². The molecule has 0 saturated carbocycles. The third kappa shape index (κ3) is 4.31. The largest absolute Gasteiger partial charge is 0.489 e.